The molecule has 542 valence electrons. The number of carboxylic acids is 2. The van der Waals surface area contributed by atoms with Crippen LogP contribution in [0, 0.1) is 23.5 Å². The van der Waals surface area contributed by atoms with Crippen LogP contribution in [0.4, 0.5) is 45.9 Å². The van der Waals surface area contributed by atoms with Gasteiger partial charge in [-0.3, -0.25) is 34.5 Å². The van der Waals surface area contributed by atoms with Gasteiger partial charge in [0.2, 0.25) is 0 Å². The van der Waals surface area contributed by atoms with Crippen LogP contribution in [0.25, 0.3) is 21.5 Å². The van der Waals surface area contributed by atoms with E-state index in [2.05, 4.69) is 53.1 Å². The number of anilines is 4. The molecule has 6 aromatic carbocycles. The number of β-amino-alcohol motifs (C(OH)–C–C–N with tert-alkyl or cyclic N) is 1. The predicted octanol–water partition coefficient (Wildman–Crippen LogP) is 10.3. The number of aliphatic carboxylic acids is 2. The van der Waals surface area contributed by atoms with Crippen LogP contribution in [0.15, 0.2) is 106 Å². The van der Waals surface area contributed by atoms with Crippen LogP contribution < -0.4 is 40.2 Å². The Kier molecular flexibility index (Phi) is 29.5. The minimum atomic E-state index is -0.968. The number of amides is 3. The quantitative estimate of drug-likeness (QED) is 0.0115. The highest BCUT2D eigenvalue weighted by molar-refractivity contribution is 9.10. The number of carboxylic acid groups (broad SMARTS) is 2. The van der Waals surface area contributed by atoms with E-state index in [1.807, 2.05) is 70.5 Å². The zero-order valence-electron chi connectivity index (χ0n) is 56.4. The van der Waals surface area contributed by atoms with E-state index in [1.165, 1.54) is 12.1 Å². The molecule has 3 amide bonds. The van der Waals surface area contributed by atoms with Crippen molar-refractivity contribution in [2.24, 2.45) is 11.8 Å². The van der Waals surface area contributed by atoms with E-state index < -0.39 is 48.1 Å². The highest BCUT2D eigenvalue weighted by Crippen LogP contribution is 2.40. The highest BCUT2D eigenvalue weighted by Gasteiger charge is 2.28. The second-order valence-electron chi connectivity index (χ2n) is 25.0. The second kappa shape index (κ2) is 38.7. The lowest BCUT2D eigenvalue weighted by Gasteiger charge is -2.32. The van der Waals surface area contributed by atoms with Gasteiger partial charge < -0.3 is 74.2 Å². The summed E-state index contributed by atoms with van der Waals surface area (Å²) in [4.78, 5) is 73.5. The molecule has 3 aliphatic heterocycles. The number of piperidine rings is 2. The number of aliphatic hydroxyl groups excluding tert-OH is 1. The molecule has 3 heterocycles. The molecular weight excluding hydrogens is 1430 g/mol. The molecule has 7 N–H and O–H groups in total. The smallest absolute Gasteiger partial charge is 0.409 e. The summed E-state index contributed by atoms with van der Waals surface area (Å²) in [5.41, 5.74) is 2.08. The third-order valence-electron chi connectivity index (χ3n) is 17.9. The van der Waals surface area contributed by atoms with Gasteiger partial charge in [-0.25, -0.2) is 23.2 Å². The van der Waals surface area contributed by atoms with Crippen molar-refractivity contribution < 1.29 is 81.2 Å². The third-order valence-corrected chi connectivity index (χ3v) is 18.9. The first-order valence-electron chi connectivity index (χ1n) is 33.8. The fourth-order valence-electron chi connectivity index (χ4n) is 12.2. The Labute approximate surface area is 597 Å². The van der Waals surface area contributed by atoms with E-state index in [0.717, 1.165) is 21.5 Å². The average molecular weight is 1520 g/mol. The average Bonchev–Trinajstić information content (AvgIpc) is 0.836. The normalized spacial score (nSPS) is 15.7. The summed E-state index contributed by atoms with van der Waals surface area (Å²) in [6.07, 6.45) is 1.46. The van der Waals surface area contributed by atoms with Crippen molar-refractivity contribution in [1.29, 1.82) is 0 Å². The minimum Gasteiger partial charge on any atom is -0.493 e. The predicted molar refractivity (Wildman–Crippen MR) is 382 cm³/mol. The van der Waals surface area contributed by atoms with Gasteiger partial charge in [-0.2, -0.15) is 0 Å². The molecule has 9 rings (SSSR count). The van der Waals surface area contributed by atoms with Crippen molar-refractivity contribution in [2.75, 3.05) is 176 Å². The van der Waals surface area contributed by atoms with Crippen molar-refractivity contribution >= 4 is 106 Å². The number of unbranched alkanes of at least 4 members (excludes halogenated alkanes) is 1. The number of hydrogen-bond donors (Lipinski definition) is 7. The summed E-state index contributed by atoms with van der Waals surface area (Å²) in [5.74, 6) is -0.238. The number of rotatable bonds is 33. The topological polar surface area (TPSA) is 278 Å². The second-order valence-corrected chi connectivity index (χ2v) is 26.8. The van der Waals surface area contributed by atoms with Gasteiger partial charge in [-0.15, -0.1) is 0 Å². The van der Waals surface area contributed by atoms with Gasteiger partial charge in [0.15, 0.2) is 23.0 Å². The number of nitrogens with zero attached hydrogens (tertiary/aromatic N) is 6. The first-order chi connectivity index (χ1) is 48.4. The maximum atomic E-state index is 14.8. The standard InChI is InChI=1S/C71H90Br2F2N10O15/c1-94-62-41-54-50(7-5-9-58(54)78-60-13-11-52(72)39-56(60)74)37-64(62)99-46-48-15-21-84(22-16-48)70(92)97-35-32-80(31-34-96-69(91)77-20-4-3-19-76-66(86)43-81-25-27-82(44-67(87)88)29-30-83(28-26-81)45-68(89)90)33-36-98-71(93)85-23-17-49(18-24-85)47-100-65-38-51-8-6-10-59(55(51)42-63(65)95-2)79-61-14-12-53(73)40-57(61)75/h5-14,37-42,48-49,66,76,78-79,86H,3-4,15-36,43-47H2,1-2H3,(H,77,91)(H,87,88)(H,89,90). The summed E-state index contributed by atoms with van der Waals surface area (Å²) in [6, 6.07) is 28.6. The van der Waals surface area contributed by atoms with Gasteiger partial charge in [-0.1, -0.05) is 56.1 Å². The van der Waals surface area contributed by atoms with Crippen molar-refractivity contribution in [2.45, 2.75) is 44.8 Å². The third kappa shape index (κ3) is 23.5. The van der Waals surface area contributed by atoms with Crippen LogP contribution in [0.5, 0.6) is 23.0 Å². The van der Waals surface area contributed by atoms with Crippen LogP contribution in [0.3, 0.4) is 0 Å². The molecule has 0 spiro atoms. The molecule has 0 aromatic heterocycles. The van der Waals surface area contributed by atoms with Gasteiger partial charge in [0.05, 0.1) is 51.9 Å². The number of carbonyl (C=O) groups is 5. The van der Waals surface area contributed by atoms with E-state index in [1.54, 1.807) is 58.1 Å². The van der Waals surface area contributed by atoms with Crippen LogP contribution in [0.1, 0.15) is 38.5 Å². The number of alkyl carbamates (subject to hydrolysis) is 1. The van der Waals surface area contributed by atoms with Crippen LogP contribution in [-0.2, 0) is 23.8 Å². The number of likely N-dealkylation sites (tertiary alicyclic amines) is 2. The van der Waals surface area contributed by atoms with E-state index in [0.29, 0.717) is 185 Å². The molecule has 1 unspecified atom stereocenters. The van der Waals surface area contributed by atoms with Gasteiger partial charge in [0.25, 0.3) is 0 Å². The van der Waals surface area contributed by atoms with Gasteiger partial charge in [0.1, 0.15) is 37.7 Å². The zero-order valence-corrected chi connectivity index (χ0v) is 59.6. The number of hydrogen-bond acceptors (Lipinski definition) is 20. The maximum absolute atomic E-state index is 14.8. The minimum absolute atomic E-state index is 0.0141. The number of ether oxygens (including phenoxy) is 7. The Balaban J connectivity index is 0.712. The molecule has 3 fully saturated rings. The number of benzene rings is 6. The summed E-state index contributed by atoms with van der Waals surface area (Å²) >= 11 is 6.62. The number of methoxy groups -OCH3 is 2. The SMILES string of the molecule is COc1cc2c(Nc3ccc(Br)cc3F)cccc2cc1OCC1CCN(C(=O)OCCN(CCOC(=O)NCCCCNC(O)CN2CCN(CC(=O)O)CCN(CC(=O)O)CC2)CCOC(=O)N2CCC(COc3cc4cccc(Nc5ccc(Br)cc5F)c4cc3OC)CC2)CC1. The maximum Gasteiger partial charge on any atom is 0.409 e. The number of halogens is 4. The van der Waals surface area contributed by atoms with Crippen molar-refractivity contribution in [3.8, 4) is 23.0 Å². The summed E-state index contributed by atoms with van der Waals surface area (Å²) in [7, 11) is 3.14. The molecule has 1 atom stereocenters. The van der Waals surface area contributed by atoms with Crippen molar-refractivity contribution in [3.05, 3.63) is 118 Å². The first kappa shape index (κ1) is 76.2. The van der Waals surface area contributed by atoms with Gasteiger partial charge in [0, 0.05) is 129 Å². The van der Waals surface area contributed by atoms with Crippen molar-refractivity contribution in [3.63, 3.8) is 0 Å². The lowest BCUT2D eigenvalue weighted by molar-refractivity contribution is -0.140. The van der Waals surface area contributed by atoms with E-state index in [4.69, 9.17) is 33.2 Å². The van der Waals surface area contributed by atoms with E-state index in [9.17, 15) is 48.1 Å². The molecule has 0 radical (unpaired) electrons. The van der Waals surface area contributed by atoms with E-state index >= 15 is 0 Å². The fourth-order valence-corrected chi connectivity index (χ4v) is 12.9. The number of carbonyl (C=O) groups excluding carboxylic acids is 3. The summed E-state index contributed by atoms with van der Waals surface area (Å²) < 4.78 is 72.2. The number of nitrogens with one attached hydrogen (secondary N) is 4. The number of aliphatic hydroxyl groups is 1. The first-order valence-corrected chi connectivity index (χ1v) is 35.3. The molecule has 0 bridgehead atoms. The van der Waals surface area contributed by atoms with E-state index in [-0.39, 0.29) is 70.9 Å². The molecule has 25 nitrogen and oxygen atoms in total. The zero-order chi connectivity index (χ0) is 70.9. The molecule has 0 saturated carbocycles. The van der Waals surface area contributed by atoms with Crippen molar-refractivity contribution in [1.82, 2.24) is 40.0 Å². The fraction of sp³-hybridized carbons (Fsp3) is 0.479. The molecule has 29 heteroatoms. The Bertz CT molecular complexity index is 3490. The molecule has 100 heavy (non-hydrogen) atoms. The Morgan fingerprint density at radius 2 is 0.970 bits per heavy atom. The van der Waals surface area contributed by atoms with Gasteiger partial charge >= 0.3 is 30.2 Å². The molecule has 3 aliphatic rings. The summed E-state index contributed by atoms with van der Waals surface area (Å²) in [6.45, 7) is 6.80. The highest BCUT2D eigenvalue weighted by atomic mass is 79.9. The van der Waals surface area contributed by atoms with Crippen LogP contribution in [0.2, 0.25) is 0 Å². The van der Waals surface area contributed by atoms with Crippen LogP contribution >= 0.6 is 31.9 Å². The molecular formula is C71H90Br2F2N10O15. The molecule has 6 aromatic rings. The lowest BCUT2D eigenvalue weighted by Crippen LogP contribution is -2.45. The Morgan fingerprint density at radius 3 is 1.40 bits per heavy atom. The number of fused-ring (bicyclic) bond motifs is 2. The van der Waals surface area contributed by atoms with Gasteiger partial charge in [-0.05, 0) is 140 Å². The lowest BCUT2D eigenvalue weighted by atomic mass is 9.98. The monoisotopic (exact) mass is 1520 g/mol. The largest absolute Gasteiger partial charge is 0.493 e. The Hall–Kier alpha value is -8.03. The van der Waals surface area contributed by atoms with Crippen LogP contribution in [-0.4, -0.2) is 246 Å². The Morgan fingerprint density at radius 1 is 0.540 bits per heavy atom. The molecule has 3 saturated heterocycles. The summed E-state index contributed by atoms with van der Waals surface area (Å²) in [5, 5.41) is 45.3. The molecule has 0 aliphatic carbocycles.